The summed E-state index contributed by atoms with van der Waals surface area (Å²) in [6.07, 6.45) is 1.31. The lowest BCUT2D eigenvalue weighted by atomic mass is 10.4. The van der Waals surface area contributed by atoms with Crippen molar-refractivity contribution >= 4 is 43.1 Å². The van der Waals surface area contributed by atoms with Crippen LogP contribution in [0.1, 0.15) is 5.56 Å². The smallest absolute Gasteiger partial charge is 0.262 e. The van der Waals surface area contributed by atoms with Gasteiger partial charge >= 0.3 is 0 Å². The number of thiophene rings is 1. The maximum atomic E-state index is 12.1. The number of nitrogens with zero attached hydrogens (tertiary/aromatic N) is 3. The highest BCUT2D eigenvalue weighted by Gasteiger charge is 2.22. The highest BCUT2D eigenvalue weighted by atomic mass is 79.9. The van der Waals surface area contributed by atoms with Crippen molar-refractivity contribution in [3.8, 4) is 6.07 Å². The van der Waals surface area contributed by atoms with Crippen molar-refractivity contribution in [1.29, 1.82) is 5.26 Å². The summed E-state index contributed by atoms with van der Waals surface area (Å²) in [5.41, 5.74) is 0.175. The molecule has 0 fully saturated rings. The average molecular weight is 347 g/mol. The number of aryl methyl sites for hydroxylation is 1. The van der Waals surface area contributed by atoms with E-state index in [1.54, 1.807) is 18.5 Å². The van der Waals surface area contributed by atoms with Gasteiger partial charge in [-0.3, -0.25) is 9.40 Å². The molecule has 0 unspecified atom stereocenters. The van der Waals surface area contributed by atoms with E-state index in [9.17, 15) is 8.42 Å². The number of anilines is 1. The predicted octanol–water partition coefficient (Wildman–Crippen LogP) is 1.92. The second-order valence-corrected chi connectivity index (χ2v) is 6.95. The first-order valence-electron chi connectivity index (χ1n) is 4.63. The fraction of sp³-hybridized carbons (Fsp3) is 0.111. The molecule has 0 aliphatic heterocycles. The Morgan fingerprint density at radius 2 is 2.33 bits per heavy atom. The Labute approximate surface area is 116 Å². The monoisotopic (exact) mass is 346 g/mol. The number of sulfonamides is 1. The molecule has 0 amide bonds. The van der Waals surface area contributed by atoms with E-state index < -0.39 is 10.0 Å². The summed E-state index contributed by atoms with van der Waals surface area (Å²) in [7, 11) is -2.16. The molecule has 2 aromatic heterocycles. The molecule has 0 aliphatic rings. The molecule has 0 bridgehead atoms. The van der Waals surface area contributed by atoms with Crippen molar-refractivity contribution in [2.24, 2.45) is 7.05 Å². The van der Waals surface area contributed by atoms with Crippen molar-refractivity contribution in [2.45, 2.75) is 4.21 Å². The van der Waals surface area contributed by atoms with E-state index in [-0.39, 0.29) is 15.6 Å². The standard InChI is InChI=1S/C9H7BrN4O2S2/c1-14-8(6(4-11)5-12-14)13-18(15,16)9-7(10)2-3-17-9/h2-3,5,13H,1H3. The minimum Gasteiger partial charge on any atom is -0.262 e. The Hall–Kier alpha value is -1.37. The summed E-state index contributed by atoms with van der Waals surface area (Å²) in [5, 5.41) is 14.4. The van der Waals surface area contributed by atoms with Crippen LogP contribution in [0.15, 0.2) is 26.3 Å². The summed E-state index contributed by atoms with van der Waals surface area (Å²) < 4.78 is 28.6. The van der Waals surface area contributed by atoms with Crippen molar-refractivity contribution < 1.29 is 8.42 Å². The number of nitrogens with one attached hydrogen (secondary N) is 1. The number of hydrogen-bond acceptors (Lipinski definition) is 5. The first-order chi connectivity index (χ1) is 8.45. The Bertz CT molecular complexity index is 726. The molecule has 2 heterocycles. The average Bonchev–Trinajstić information content (AvgIpc) is 2.87. The predicted molar refractivity (Wildman–Crippen MR) is 70.8 cm³/mol. The van der Waals surface area contributed by atoms with E-state index in [1.807, 2.05) is 6.07 Å². The van der Waals surface area contributed by atoms with Gasteiger partial charge in [0.2, 0.25) is 0 Å². The van der Waals surface area contributed by atoms with E-state index in [2.05, 4.69) is 25.8 Å². The summed E-state index contributed by atoms with van der Waals surface area (Å²) in [6, 6.07) is 3.53. The molecule has 2 rings (SSSR count). The van der Waals surface area contributed by atoms with Crippen LogP contribution in [0.2, 0.25) is 0 Å². The minimum atomic E-state index is -3.72. The Morgan fingerprint density at radius 3 is 2.89 bits per heavy atom. The molecular weight excluding hydrogens is 340 g/mol. The number of nitriles is 1. The van der Waals surface area contributed by atoms with E-state index in [0.29, 0.717) is 4.47 Å². The molecule has 0 aromatic carbocycles. The zero-order valence-corrected chi connectivity index (χ0v) is 12.3. The number of halogens is 1. The fourth-order valence-electron chi connectivity index (χ4n) is 1.29. The highest BCUT2D eigenvalue weighted by molar-refractivity contribution is 9.10. The molecule has 0 saturated carbocycles. The molecule has 2 aromatic rings. The van der Waals surface area contributed by atoms with E-state index in [1.165, 1.54) is 10.9 Å². The molecule has 0 radical (unpaired) electrons. The van der Waals surface area contributed by atoms with Crippen LogP contribution in [0.3, 0.4) is 0 Å². The second-order valence-electron chi connectivity index (χ2n) is 3.30. The van der Waals surface area contributed by atoms with E-state index in [4.69, 9.17) is 5.26 Å². The largest absolute Gasteiger partial charge is 0.273 e. The van der Waals surface area contributed by atoms with Crippen LogP contribution in [0.5, 0.6) is 0 Å². The van der Waals surface area contributed by atoms with Crippen molar-refractivity contribution in [1.82, 2.24) is 9.78 Å². The maximum absolute atomic E-state index is 12.1. The van der Waals surface area contributed by atoms with Gasteiger partial charge in [0.25, 0.3) is 10.0 Å². The van der Waals surface area contributed by atoms with E-state index in [0.717, 1.165) is 11.3 Å². The third-order valence-electron chi connectivity index (χ3n) is 2.12. The van der Waals surface area contributed by atoms with Crippen molar-refractivity contribution in [2.75, 3.05) is 4.72 Å². The van der Waals surface area contributed by atoms with Gasteiger partial charge in [0.1, 0.15) is 11.6 Å². The van der Waals surface area contributed by atoms with Gasteiger partial charge in [-0.1, -0.05) is 0 Å². The minimum absolute atomic E-state index is 0.151. The summed E-state index contributed by atoms with van der Waals surface area (Å²) in [4.78, 5) is 0. The maximum Gasteiger partial charge on any atom is 0.273 e. The molecule has 18 heavy (non-hydrogen) atoms. The Kier molecular flexibility index (Phi) is 3.43. The van der Waals surface area contributed by atoms with Gasteiger partial charge in [0.15, 0.2) is 10.0 Å². The number of aromatic nitrogens is 2. The van der Waals surface area contributed by atoms with Gasteiger partial charge in [0, 0.05) is 11.5 Å². The molecule has 6 nitrogen and oxygen atoms in total. The summed E-state index contributed by atoms with van der Waals surface area (Å²) >= 11 is 4.25. The normalized spacial score (nSPS) is 11.2. The number of hydrogen-bond donors (Lipinski definition) is 1. The van der Waals surface area contributed by atoms with Crippen molar-refractivity contribution in [3.05, 3.63) is 27.7 Å². The Balaban J connectivity index is 2.44. The van der Waals surface area contributed by atoms with Gasteiger partial charge < -0.3 is 0 Å². The first-order valence-corrected chi connectivity index (χ1v) is 7.79. The van der Waals surface area contributed by atoms with E-state index >= 15 is 0 Å². The lowest BCUT2D eigenvalue weighted by molar-refractivity contribution is 0.602. The molecule has 94 valence electrons. The van der Waals surface area contributed by atoms with Crippen LogP contribution >= 0.6 is 27.3 Å². The topological polar surface area (TPSA) is 87.8 Å². The van der Waals surface area contributed by atoms with Gasteiger partial charge in [-0.05, 0) is 27.4 Å². The zero-order valence-electron chi connectivity index (χ0n) is 9.08. The van der Waals surface area contributed by atoms with Crippen LogP contribution < -0.4 is 4.72 Å². The molecule has 0 spiro atoms. The molecule has 1 N–H and O–H groups in total. The first kappa shape index (κ1) is 13.1. The number of rotatable bonds is 3. The quantitative estimate of drug-likeness (QED) is 0.919. The fourth-order valence-corrected chi connectivity index (χ4v) is 4.73. The molecule has 9 heteroatoms. The van der Waals surface area contributed by atoms with Crippen LogP contribution in [-0.2, 0) is 17.1 Å². The third kappa shape index (κ3) is 2.27. The molecular formula is C9H7BrN4O2S2. The van der Waals surface area contributed by atoms with Crippen LogP contribution in [0.25, 0.3) is 0 Å². The van der Waals surface area contributed by atoms with Crippen molar-refractivity contribution in [3.63, 3.8) is 0 Å². The SMILES string of the molecule is Cn1ncc(C#N)c1NS(=O)(=O)c1sccc1Br. The second kappa shape index (κ2) is 4.72. The lowest BCUT2D eigenvalue weighted by Gasteiger charge is -2.07. The van der Waals surface area contributed by atoms with Gasteiger partial charge in [-0.2, -0.15) is 10.4 Å². The zero-order chi connectivity index (χ0) is 13.3. The third-order valence-corrected chi connectivity index (χ3v) is 6.13. The van der Waals surface area contributed by atoms with Crippen LogP contribution in [0, 0.1) is 11.3 Å². The van der Waals surface area contributed by atoms with Gasteiger partial charge in [-0.25, -0.2) is 8.42 Å². The van der Waals surface area contributed by atoms with Gasteiger partial charge in [-0.15, -0.1) is 11.3 Å². The highest BCUT2D eigenvalue weighted by Crippen LogP contribution is 2.29. The summed E-state index contributed by atoms with van der Waals surface area (Å²) in [6.45, 7) is 0. The molecule has 0 saturated heterocycles. The molecule has 0 atom stereocenters. The van der Waals surface area contributed by atoms with Crippen LogP contribution in [-0.4, -0.2) is 18.2 Å². The van der Waals surface area contributed by atoms with Crippen LogP contribution in [0.4, 0.5) is 5.82 Å². The Morgan fingerprint density at radius 1 is 1.61 bits per heavy atom. The van der Waals surface area contributed by atoms with Gasteiger partial charge in [0.05, 0.1) is 6.20 Å². The lowest BCUT2D eigenvalue weighted by Crippen LogP contribution is -2.15. The molecule has 0 aliphatic carbocycles. The summed E-state index contributed by atoms with van der Waals surface area (Å²) in [5.74, 6) is 0.151.